The van der Waals surface area contributed by atoms with Crippen molar-refractivity contribution < 1.29 is 51.4 Å². The van der Waals surface area contributed by atoms with E-state index in [2.05, 4.69) is 62.2 Å². The molecule has 0 aromatic heterocycles. The molecule has 0 amide bonds. The Balaban J connectivity index is -0.000000302. The van der Waals surface area contributed by atoms with Crippen molar-refractivity contribution in [2.75, 3.05) is 0 Å². The molecule has 150 valence electrons. The summed E-state index contributed by atoms with van der Waals surface area (Å²) in [5.74, 6) is -2.81. The molecule has 0 saturated carbocycles. The Labute approximate surface area is 179 Å². The molecule has 0 heterocycles. The molecule has 2 aromatic rings. The number of fused-ring (bicyclic) bond motifs is 1. The van der Waals surface area contributed by atoms with Crippen LogP contribution in [-0.4, -0.2) is 33.2 Å². The number of rotatable bonds is 3. The summed E-state index contributed by atoms with van der Waals surface area (Å²) in [7, 11) is 0. The molecule has 0 atom stereocenters. The first-order valence-corrected chi connectivity index (χ1v) is 7.67. The SMILES string of the molecule is C=C(C)C(=O)O.C=C(C)C(=O)O.C=C(C)C(=O)O.[Ti].c1ccc2[cH-]ccc2c1. The van der Waals surface area contributed by atoms with Gasteiger partial charge in [0.25, 0.3) is 0 Å². The van der Waals surface area contributed by atoms with Gasteiger partial charge in [0, 0.05) is 38.4 Å². The summed E-state index contributed by atoms with van der Waals surface area (Å²) in [5, 5.41) is 26.3. The van der Waals surface area contributed by atoms with E-state index < -0.39 is 17.9 Å². The Kier molecular flexibility index (Phi) is 17.5. The van der Waals surface area contributed by atoms with Gasteiger partial charge in [0.15, 0.2) is 0 Å². The minimum atomic E-state index is -0.935. The van der Waals surface area contributed by atoms with E-state index in [1.807, 2.05) is 0 Å². The Morgan fingerprint density at radius 2 is 1.07 bits per heavy atom. The van der Waals surface area contributed by atoms with Gasteiger partial charge in [-0.15, -0.1) is 29.7 Å². The van der Waals surface area contributed by atoms with Gasteiger partial charge in [0.2, 0.25) is 0 Å². The molecule has 6 nitrogen and oxygen atoms in total. The van der Waals surface area contributed by atoms with E-state index in [0.717, 1.165) is 0 Å². The third kappa shape index (κ3) is 16.6. The van der Waals surface area contributed by atoms with Crippen molar-refractivity contribution in [1.29, 1.82) is 0 Å². The van der Waals surface area contributed by atoms with Crippen molar-refractivity contribution in [1.82, 2.24) is 0 Å². The Morgan fingerprint density at radius 3 is 1.36 bits per heavy atom. The maximum atomic E-state index is 9.60. The first kappa shape index (κ1) is 29.9. The molecule has 0 bridgehead atoms. The summed E-state index contributed by atoms with van der Waals surface area (Å²) in [4.78, 5) is 28.8. The van der Waals surface area contributed by atoms with E-state index >= 15 is 0 Å². The minimum Gasteiger partial charge on any atom is -0.478 e. The summed E-state index contributed by atoms with van der Waals surface area (Å²) in [6, 6.07) is 14.7. The van der Waals surface area contributed by atoms with Crippen LogP contribution < -0.4 is 0 Å². The second kappa shape index (κ2) is 16.4. The normalized spacial score (nSPS) is 8.11. The summed E-state index contributed by atoms with van der Waals surface area (Å²) in [6.07, 6.45) is 0. The quantitative estimate of drug-likeness (QED) is 0.382. The van der Waals surface area contributed by atoms with E-state index in [1.54, 1.807) is 0 Å². The Hall–Kier alpha value is -2.83. The van der Waals surface area contributed by atoms with E-state index in [-0.39, 0.29) is 38.4 Å². The maximum absolute atomic E-state index is 9.60. The monoisotopic (exact) mass is 421 g/mol. The molecule has 3 N–H and O–H groups in total. The number of hydrogen-bond acceptors (Lipinski definition) is 3. The predicted octanol–water partition coefficient (Wildman–Crippen LogP) is 4.50. The van der Waals surface area contributed by atoms with Crippen molar-refractivity contribution in [3.8, 4) is 0 Å². The standard InChI is InChI=1S/C9H7.3C4H6O2.Ti/c1-2-5-9-7-3-6-8(9)4-1;3*1-3(2)4(5)6;/h1-7H;3*1H2,2H3,(H,5,6);/q-1;;;;. The van der Waals surface area contributed by atoms with Crippen LogP contribution in [0.4, 0.5) is 0 Å². The molecule has 0 aliphatic rings. The number of carboxylic acids is 3. The van der Waals surface area contributed by atoms with Crippen LogP contribution >= 0.6 is 0 Å². The number of benzene rings is 1. The molecule has 7 heteroatoms. The van der Waals surface area contributed by atoms with Gasteiger partial charge in [-0.2, -0.15) is 17.5 Å². The topological polar surface area (TPSA) is 112 Å². The smallest absolute Gasteiger partial charge is 0.330 e. The molecular formula is C21H25O6Ti-. The van der Waals surface area contributed by atoms with Gasteiger partial charge in [-0.25, -0.2) is 14.4 Å². The van der Waals surface area contributed by atoms with Gasteiger partial charge in [0.1, 0.15) is 0 Å². The van der Waals surface area contributed by atoms with E-state index in [4.69, 9.17) is 15.3 Å². The molecule has 0 radical (unpaired) electrons. The van der Waals surface area contributed by atoms with Crippen LogP contribution in [0.1, 0.15) is 20.8 Å². The molecule has 2 aromatic carbocycles. The van der Waals surface area contributed by atoms with Crippen LogP contribution in [0.2, 0.25) is 0 Å². The van der Waals surface area contributed by atoms with Crippen LogP contribution in [0, 0.1) is 0 Å². The van der Waals surface area contributed by atoms with E-state index in [0.29, 0.717) is 0 Å². The second-order valence-electron chi connectivity index (χ2n) is 5.41. The van der Waals surface area contributed by atoms with Crippen LogP contribution in [0.5, 0.6) is 0 Å². The average molecular weight is 421 g/mol. The second-order valence-corrected chi connectivity index (χ2v) is 5.41. The van der Waals surface area contributed by atoms with E-state index in [9.17, 15) is 14.4 Å². The zero-order valence-electron chi connectivity index (χ0n) is 16.2. The van der Waals surface area contributed by atoms with E-state index in [1.165, 1.54) is 31.5 Å². The van der Waals surface area contributed by atoms with Crippen molar-refractivity contribution in [2.45, 2.75) is 20.8 Å². The van der Waals surface area contributed by atoms with Gasteiger partial charge in [-0.3, -0.25) is 0 Å². The van der Waals surface area contributed by atoms with Crippen LogP contribution in [-0.2, 0) is 36.1 Å². The zero-order valence-corrected chi connectivity index (χ0v) is 17.8. The molecule has 0 aliphatic carbocycles. The molecular weight excluding hydrogens is 396 g/mol. The molecule has 0 spiro atoms. The van der Waals surface area contributed by atoms with Gasteiger partial charge >= 0.3 is 17.9 Å². The first-order valence-electron chi connectivity index (χ1n) is 7.67. The van der Waals surface area contributed by atoms with Crippen molar-refractivity contribution in [3.63, 3.8) is 0 Å². The van der Waals surface area contributed by atoms with Crippen LogP contribution in [0.3, 0.4) is 0 Å². The largest absolute Gasteiger partial charge is 0.478 e. The van der Waals surface area contributed by atoms with Crippen LogP contribution in [0.25, 0.3) is 10.8 Å². The molecule has 2 rings (SSSR count). The Morgan fingerprint density at radius 1 is 0.750 bits per heavy atom. The minimum absolute atomic E-state index is 0. The summed E-state index contributed by atoms with van der Waals surface area (Å²) >= 11 is 0. The number of carboxylic acid groups (broad SMARTS) is 3. The molecule has 28 heavy (non-hydrogen) atoms. The summed E-state index contributed by atoms with van der Waals surface area (Å²) < 4.78 is 0. The molecule has 0 saturated heterocycles. The van der Waals surface area contributed by atoms with Gasteiger partial charge in [0.05, 0.1) is 0 Å². The van der Waals surface area contributed by atoms with Gasteiger partial charge in [-0.1, -0.05) is 25.8 Å². The van der Waals surface area contributed by atoms with Gasteiger partial charge in [-0.05, 0) is 20.8 Å². The van der Waals surface area contributed by atoms with Crippen molar-refractivity contribution in [3.05, 3.63) is 78.9 Å². The maximum Gasteiger partial charge on any atom is 0.330 e. The number of hydrogen-bond donors (Lipinski definition) is 3. The molecule has 0 fully saturated rings. The molecule has 0 unspecified atom stereocenters. The average Bonchev–Trinajstić information content (AvgIpc) is 3.04. The van der Waals surface area contributed by atoms with Gasteiger partial charge < -0.3 is 15.3 Å². The Bertz CT molecular complexity index is 694. The van der Waals surface area contributed by atoms with Crippen molar-refractivity contribution in [2.24, 2.45) is 0 Å². The molecule has 0 aliphatic heterocycles. The predicted molar refractivity (Wildman–Crippen MR) is 107 cm³/mol. The van der Waals surface area contributed by atoms with Crippen LogP contribution in [0.15, 0.2) is 78.9 Å². The summed E-state index contributed by atoms with van der Waals surface area (Å²) in [5.41, 5.74) is 0.528. The third-order valence-electron chi connectivity index (χ3n) is 2.64. The first-order chi connectivity index (χ1) is 12.4. The summed E-state index contributed by atoms with van der Waals surface area (Å²) in [6.45, 7) is 13.8. The fourth-order valence-corrected chi connectivity index (χ4v) is 1.07. The van der Waals surface area contributed by atoms with Crippen molar-refractivity contribution >= 4 is 28.7 Å². The zero-order chi connectivity index (χ0) is 21.6. The fraction of sp³-hybridized carbons (Fsp3) is 0.143. The number of aliphatic carboxylic acids is 3. The fourth-order valence-electron chi connectivity index (χ4n) is 1.07. The number of carbonyl (C=O) groups is 3. The third-order valence-corrected chi connectivity index (χ3v) is 2.64.